The number of carbonyl (C=O) groups is 2. The van der Waals surface area contributed by atoms with Crippen molar-refractivity contribution >= 4 is 17.5 Å². The third-order valence-corrected chi connectivity index (χ3v) is 3.75. The molecule has 2 rings (SSSR count). The molecule has 1 unspecified atom stereocenters. The van der Waals surface area contributed by atoms with E-state index in [2.05, 4.69) is 22.5 Å². The molecule has 2 amide bonds. The smallest absolute Gasteiger partial charge is 0.254 e. The number of rotatable bonds is 6. The number of hydrogen-bond donors (Lipinski definition) is 3. The number of likely N-dealkylation sites (N-methyl/N-ethyl adjacent to an activating group) is 1. The number of hydrogen-bond acceptors (Lipinski definition) is 5. The summed E-state index contributed by atoms with van der Waals surface area (Å²) >= 11 is 0. The Morgan fingerprint density at radius 3 is 2.91 bits per heavy atom. The maximum atomic E-state index is 12.4. The van der Waals surface area contributed by atoms with Gasteiger partial charge in [0.05, 0.1) is 17.9 Å². The van der Waals surface area contributed by atoms with Gasteiger partial charge in [0.25, 0.3) is 11.8 Å². The zero-order chi connectivity index (χ0) is 16.7. The van der Waals surface area contributed by atoms with E-state index in [9.17, 15) is 9.59 Å². The highest BCUT2D eigenvalue weighted by Gasteiger charge is 2.26. The summed E-state index contributed by atoms with van der Waals surface area (Å²) in [5.41, 5.74) is 6.28. The molecule has 0 aromatic heterocycles. The number of nitrogens with one attached hydrogen (secondary N) is 2. The number of benzene rings is 1. The van der Waals surface area contributed by atoms with Gasteiger partial charge >= 0.3 is 0 Å². The molecule has 1 fully saturated rings. The van der Waals surface area contributed by atoms with E-state index in [0.717, 1.165) is 13.1 Å². The van der Waals surface area contributed by atoms with Crippen molar-refractivity contribution in [1.29, 1.82) is 0 Å². The summed E-state index contributed by atoms with van der Waals surface area (Å²) in [7, 11) is 0. The average molecular weight is 320 g/mol. The lowest BCUT2D eigenvalue weighted by Crippen LogP contribution is -2.47. The number of para-hydroxylation sites is 1. The van der Waals surface area contributed by atoms with Gasteiger partial charge in [-0.1, -0.05) is 19.1 Å². The molecule has 1 aromatic carbocycles. The summed E-state index contributed by atoms with van der Waals surface area (Å²) in [6.45, 7) is 5.61. The summed E-state index contributed by atoms with van der Waals surface area (Å²) in [5.74, 6) is -0.492. The zero-order valence-corrected chi connectivity index (χ0v) is 13.4. The second-order valence-corrected chi connectivity index (χ2v) is 5.33. The van der Waals surface area contributed by atoms with Gasteiger partial charge in [0, 0.05) is 26.2 Å². The van der Waals surface area contributed by atoms with E-state index in [-0.39, 0.29) is 11.8 Å². The molecule has 1 aliphatic heterocycles. The van der Waals surface area contributed by atoms with Crippen LogP contribution in [-0.2, 0) is 9.53 Å². The number of nitrogens with zero attached hydrogens (tertiary/aromatic N) is 1. The number of nitrogens with two attached hydrogens (primary N) is 1. The number of amides is 2. The molecule has 7 nitrogen and oxygen atoms in total. The Morgan fingerprint density at radius 1 is 1.39 bits per heavy atom. The minimum Gasteiger partial charge on any atom is -0.366 e. The van der Waals surface area contributed by atoms with Gasteiger partial charge < -0.3 is 21.1 Å². The number of morpholine rings is 1. The van der Waals surface area contributed by atoms with Gasteiger partial charge in [0.2, 0.25) is 0 Å². The fraction of sp³-hybridized carbons (Fsp3) is 0.500. The van der Waals surface area contributed by atoms with Gasteiger partial charge in [-0.3, -0.25) is 14.5 Å². The minimum atomic E-state index is -0.524. The molecular weight excluding hydrogens is 296 g/mol. The lowest BCUT2D eigenvalue weighted by Gasteiger charge is -2.31. The Labute approximate surface area is 136 Å². The lowest BCUT2D eigenvalue weighted by molar-refractivity contribution is -0.132. The molecule has 1 saturated heterocycles. The van der Waals surface area contributed by atoms with Gasteiger partial charge in [0.15, 0.2) is 0 Å². The van der Waals surface area contributed by atoms with Crippen molar-refractivity contribution in [2.75, 3.05) is 44.6 Å². The van der Waals surface area contributed by atoms with Crippen LogP contribution in [-0.4, -0.2) is 62.1 Å². The van der Waals surface area contributed by atoms with Gasteiger partial charge in [-0.25, -0.2) is 0 Å². The Hall–Kier alpha value is -1.96. The largest absolute Gasteiger partial charge is 0.366 e. The number of ether oxygens (including phenoxy) is 1. The van der Waals surface area contributed by atoms with Crippen molar-refractivity contribution in [3.63, 3.8) is 0 Å². The van der Waals surface area contributed by atoms with Crippen LogP contribution in [0.2, 0.25) is 0 Å². The van der Waals surface area contributed by atoms with Crippen molar-refractivity contribution in [1.82, 2.24) is 10.2 Å². The highest BCUT2D eigenvalue weighted by Crippen LogP contribution is 2.16. The fourth-order valence-electron chi connectivity index (χ4n) is 2.43. The molecule has 7 heteroatoms. The molecule has 1 atom stereocenters. The summed E-state index contributed by atoms with van der Waals surface area (Å²) in [5, 5.41) is 5.50. The van der Waals surface area contributed by atoms with E-state index < -0.39 is 6.10 Å². The third kappa shape index (κ3) is 4.75. The van der Waals surface area contributed by atoms with Gasteiger partial charge in [-0.2, -0.15) is 0 Å². The van der Waals surface area contributed by atoms with Crippen molar-refractivity contribution in [2.45, 2.75) is 13.0 Å². The van der Waals surface area contributed by atoms with Gasteiger partial charge in [-0.15, -0.1) is 0 Å². The molecule has 0 aliphatic carbocycles. The van der Waals surface area contributed by atoms with Crippen LogP contribution in [0.15, 0.2) is 24.3 Å². The minimum absolute atomic E-state index is 0.234. The van der Waals surface area contributed by atoms with Crippen LogP contribution in [0.25, 0.3) is 0 Å². The van der Waals surface area contributed by atoms with Gasteiger partial charge in [0.1, 0.15) is 6.10 Å². The van der Waals surface area contributed by atoms with Gasteiger partial charge in [-0.05, 0) is 18.7 Å². The second kappa shape index (κ2) is 8.61. The summed E-state index contributed by atoms with van der Waals surface area (Å²) < 4.78 is 5.54. The van der Waals surface area contributed by atoms with Crippen LogP contribution >= 0.6 is 0 Å². The first kappa shape index (κ1) is 17.4. The molecule has 0 bridgehead atoms. The predicted molar refractivity (Wildman–Crippen MR) is 88.3 cm³/mol. The topological polar surface area (TPSA) is 96.7 Å². The first-order valence-corrected chi connectivity index (χ1v) is 7.87. The van der Waals surface area contributed by atoms with Crippen molar-refractivity contribution < 1.29 is 14.3 Å². The molecule has 0 saturated carbocycles. The Kier molecular flexibility index (Phi) is 6.52. The van der Waals surface area contributed by atoms with Crippen molar-refractivity contribution in [2.24, 2.45) is 5.73 Å². The van der Waals surface area contributed by atoms with Crippen LogP contribution in [0.3, 0.4) is 0 Å². The van der Waals surface area contributed by atoms with Crippen LogP contribution in [0.1, 0.15) is 17.3 Å². The maximum Gasteiger partial charge on any atom is 0.254 e. The molecule has 1 aliphatic rings. The average Bonchev–Trinajstić information content (AvgIpc) is 2.60. The first-order valence-electron chi connectivity index (χ1n) is 7.87. The molecule has 0 radical (unpaired) electrons. The monoisotopic (exact) mass is 320 g/mol. The SMILES string of the molecule is CCN1CCOC(C(=O)Nc2ccccc2C(=O)NCCN)C1. The highest BCUT2D eigenvalue weighted by molar-refractivity contribution is 6.04. The molecule has 126 valence electrons. The molecule has 1 heterocycles. The number of anilines is 1. The Balaban J connectivity index is 2.04. The highest BCUT2D eigenvalue weighted by atomic mass is 16.5. The van der Waals surface area contributed by atoms with Crippen LogP contribution in [0.5, 0.6) is 0 Å². The molecule has 4 N–H and O–H groups in total. The molecular formula is C16H24N4O3. The summed E-state index contributed by atoms with van der Waals surface area (Å²) in [4.78, 5) is 26.7. The molecule has 23 heavy (non-hydrogen) atoms. The molecule has 1 aromatic rings. The Morgan fingerprint density at radius 2 is 2.17 bits per heavy atom. The van der Waals surface area contributed by atoms with E-state index in [4.69, 9.17) is 10.5 Å². The quantitative estimate of drug-likeness (QED) is 0.687. The standard InChI is InChI=1S/C16H24N4O3/c1-2-20-9-10-23-14(11-20)16(22)19-13-6-4-3-5-12(13)15(21)18-8-7-17/h3-6,14H,2,7-11,17H2,1H3,(H,18,21)(H,19,22). The predicted octanol–water partition coefficient (Wildman–Crippen LogP) is 0.0343. The van der Waals surface area contributed by atoms with E-state index in [1.54, 1.807) is 24.3 Å². The van der Waals surface area contributed by atoms with Crippen LogP contribution in [0, 0.1) is 0 Å². The van der Waals surface area contributed by atoms with Crippen molar-refractivity contribution in [3.05, 3.63) is 29.8 Å². The van der Waals surface area contributed by atoms with E-state index in [0.29, 0.717) is 37.5 Å². The van der Waals surface area contributed by atoms with Crippen molar-refractivity contribution in [3.8, 4) is 0 Å². The fourth-order valence-corrected chi connectivity index (χ4v) is 2.43. The van der Waals surface area contributed by atoms with E-state index in [1.807, 2.05) is 0 Å². The normalized spacial score (nSPS) is 18.4. The van der Waals surface area contributed by atoms with Crippen LogP contribution in [0.4, 0.5) is 5.69 Å². The summed E-state index contributed by atoms with van der Waals surface area (Å²) in [6, 6.07) is 6.90. The lowest BCUT2D eigenvalue weighted by atomic mass is 10.1. The maximum absolute atomic E-state index is 12.4. The zero-order valence-electron chi connectivity index (χ0n) is 13.4. The first-order chi connectivity index (χ1) is 11.2. The van der Waals surface area contributed by atoms with Crippen LogP contribution < -0.4 is 16.4 Å². The Bertz CT molecular complexity index is 550. The molecule has 0 spiro atoms. The number of carbonyl (C=O) groups excluding carboxylic acids is 2. The van der Waals surface area contributed by atoms with E-state index in [1.165, 1.54) is 0 Å². The second-order valence-electron chi connectivity index (χ2n) is 5.33. The third-order valence-electron chi connectivity index (χ3n) is 3.75. The summed E-state index contributed by atoms with van der Waals surface area (Å²) in [6.07, 6.45) is -0.524. The van der Waals surface area contributed by atoms with E-state index >= 15 is 0 Å².